The molecule has 0 aromatic carbocycles. The van der Waals surface area contributed by atoms with Crippen molar-refractivity contribution >= 4 is 5.69 Å². The van der Waals surface area contributed by atoms with Gasteiger partial charge in [-0.15, -0.1) is 0 Å². The second-order valence-corrected chi connectivity index (χ2v) is 5.59. The average Bonchev–Trinajstić information content (AvgIpc) is 2.90. The van der Waals surface area contributed by atoms with Crippen LogP contribution in [0.1, 0.15) is 44.7 Å². The molecule has 1 atom stereocenters. The van der Waals surface area contributed by atoms with Crippen molar-refractivity contribution in [3.8, 4) is 0 Å². The zero-order chi connectivity index (χ0) is 14.2. The number of aliphatic hydroxyl groups excluding tert-OH is 1. The molecule has 1 aromatic heterocycles. The van der Waals surface area contributed by atoms with Gasteiger partial charge in [0.15, 0.2) is 0 Å². The highest BCUT2D eigenvalue weighted by Crippen LogP contribution is 2.23. The molecule has 0 spiro atoms. The second kappa shape index (κ2) is 8.22. The van der Waals surface area contributed by atoms with Gasteiger partial charge in [0.05, 0.1) is 5.69 Å². The Balaban J connectivity index is 1.91. The van der Waals surface area contributed by atoms with Crippen LogP contribution in [-0.4, -0.2) is 40.7 Å². The Hall–Kier alpha value is -1.13. The fraction of sp³-hybridized carbons (Fsp3) is 0.688. The summed E-state index contributed by atoms with van der Waals surface area (Å²) in [7, 11) is 0. The second-order valence-electron chi connectivity index (χ2n) is 5.59. The van der Waals surface area contributed by atoms with E-state index in [4.69, 9.17) is 5.11 Å². The lowest BCUT2D eigenvalue weighted by atomic mass is 10.1. The lowest BCUT2D eigenvalue weighted by molar-refractivity contribution is 0.208. The maximum Gasteiger partial charge on any atom is 0.0564 e. The van der Waals surface area contributed by atoms with Crippen molar-refractivity contribution in [2.45, 2.75) is 51.6 Å². The minimum Gasteiger partial charge on any atom is -0.396 e. The highest BCUT2D eigenvalue weighted by molar-refractivity contribution is 5.43. The van der Waals surface area contributed by atoms with Crippen LogP contribution in [0, 0.1) is 0 Å². The minimum absolute atomic E-state index is 0.305. The summed E-state index contributed by atoms with van der Waals surface area (Å²) in [6.45, 7) is 5.57. The van der Waals surface area contributed by atoms with Crippen LogP contribution in [0.5, 0.6) is 0 Å². The summed E-state index contributed by atoms with van der Waals surface area (Å²) in [5.41, 5.74) is 2.31. The normalized spacial score (nSPS) is 19.4. The molecule has 4 nitrogen and oxygen atoms in total. The Morgan fingerprint density at radius 2 is 2.40 bits per heavy atom. The summed E-state index contributed by atoms with van der Waals surface area (Å²) in [6.07, 6.45) is 7.56. The molecule has 1 saturated heterocycles. The van der Waals surface area contributed by atoms with Crippen molar-refractivity contribution in [2.24, 2.45) is 0 Å². The van der Waals surface area contributed by atoms with Crippen LogP contribution in [0.25, 0.3) is 0 Å². The monoisotopic (exact) mass is 277 g/mol. The molecule has 2 N–H and O–H groups in total. The predicted molar refractivity (Wildman–Crippen MR) is 82.8 cm³/mol. The number of rotatable bonds is 8. The molecule has 1 fully saturated rings. The number of hydrogen-bond acceptors (Lipinski definition) is 4. The van der Waals surface area contributed by atoms with Gasteiger partial charge in [0.1, 0.15) is 0 Å². The first kappa shape index (κ1) is 15.3. The third kappa shape index (κ3) is 4.46. The first-order chi connectivity index (χ1) is 9.83. The number of nitrogens with one attached hydrogen (secondary N) is 1. The van der Waals surface area contributed by atoms with Crippen molar-refractivity contribution in [2.75, 3.05) is 25.0 Å². The van der Waals surface area contributed by atoms with Gasteiger partial charge in [0, 0.05) is 37.6 Å². The summed E-state index contributed by atoms with van der Waals surface area (Å²) in [6, 6.07) is 4.82. The Kier molecular flexibility index (Phi) is 6.27. The van der Waals surface area contributed by atoms with Gasteiger partial charge < -0.3 is 10.4 Å². The quantitative estimate of drug-likeness (QED) is 0.767. The van der Waals surface area contributed by atoms with Crippen LogP contribution in [-0.2, 0) is 6.54 Å². The van der Waals surface area contributed by atoms with Crippen molar-refractivity contribution in [3.05, 3.63) is 24.0 Å². The number of pyridine rings is 1. The smallest absolute Gasteiger partial charge is 0.0564 e. The number of aromatic nitrogens is 1. The van der Waals surface area contributed by atoms with E-state index in [2.05, 4.69) is 28.2 Å². The van der Waals surface area contributed by atoms with Crippen molar-refractivity contribution in [1.82, 2.24) is 9.88 Å². The third-order valence-corrected chi connectivity index (χ3v) is 3.96. The molecular formula is C16H27N3O. The van der Waals surface area contributed by atoms with Crippen molar-refractivity contribution in [3.63, 3.8) is 0 Å². The van der Waals surface area contributed by atoms with Gasteiger partial charge in [0.25, 0.3) is 0 Å². The fourth-order valence-corrected chi connectivity index (χ4v) is 2.91. The predicted octanol–water partition coefficient (Wildman–Crippen LogP) is 2.64. The summed E-state index contributed by atoms with van der Waals surface area (Å²) in [4.78, 5) is 7.01. The van der Waals surface area contributed by atoms with E-state index in [0.29, 0.717) is 12.6 Å². The highest BCUT2D eigenvalue weighted by Gasteiger charge is 2.24. The van der Waals surface area contributed by atoms with E-state index >= 15 is 0 Å². The van der Waals surface area contributed by atoms with Crippen LogP contribution < -0.4 is 5.32 Å². The van der Waals surface area contributed by atoms with Crippen LogP contribution >= 0.6 is 0 Å². The molecule has 0 saturated carbocycles. The number of likely N-dealkylation sites (tertiary alicyclic amines) is 1. The maximum absolute atomic E-state index is 8.98. The number of aliphatic hydroxyl groups is 1. The van der Waals surface area contributed by atoms with Crippen molar-refractivity contribution < 1.29 is 5.11 Å². The molecular weight excluding hydrogens is 250 g/mol. The first-order valence-corrected chi connectivity index (χ1v) is 7.87. The standard InChI is InChI=1S/C16H27N3O/c1-2-8-17-14-7-9-18-15(12-14)13-19-10-3-5-16(19)6-4-11-20/h7,9,12,16,20H,2-6,8,10-11,13H2,1H3,(H,17,18). The third-order valence-electron chi connectivity index (χ3n) is 3.96. The van der Waals surface area contributed by atoms with Crippen LogP contribution in [0.2, 0.25) is 0 Å². The van der Waals surface area contributed by atoms with Gasteiger partial charge in [-0.3, -0.25) is 9.88 Å². The number of anilines is 1. The summed E-state index contributed by atoms with van der Waals surface area (Å²) in [5.74, 6) is 0. The summed E-state index contributed by atoms with van der Waals surface area (Å²) >= 11 is 0. The number of hydrogen-bond donors (Lipinski definition) is 2. The van der Waals surface area contributed by atoms with E-state index in [-0.39, 0.29) is 0 Å². The molecule has 1 aliphatic heterocycles. The van der Waals surface area contributed by atoms with Gasteiger partial charge in [-0.2, -0.15) is 0 Å². The van der Waals surface area contributed by atoms with E-state index in [1.807, 2.05) is 12.3 Å². The highest BCUT2D eigenvalue weighted by atomic mass is 16.2. The molecule has 112 valence electrons. The van der Waals surface area contributed by atoms with E-state index in [9.17, 15) is 0 Å². The molecule has 2 rings (SSSR count). The molecule has 1 aliphatic rings. The molecule has 20 heavy (non-hydrogen) atoms. The first-order valence-electron chi connectivity index (χ1n) is 7.87. The van der Waals surface area contributed by atoms with Crippen LogP contribution in [0.3, 0.4) is 0 Å². The largest absolute Gasteiger partial charge is 0.396 e. The van der Waals surface area contributed by atoms with E-state index in [0.717, 1.165) is 44.6 Å². The molecule has 0 bridgehead atoms. The van der Waals surface area contributed by atoms with Gasteiger partial charge in [-0.05, 0) is 50.8 Å². The van der Waals surface area contributed by atoms with Crippen LogP contribution in [0.15, 0.2) is 18.3 Å². The Bertz CT molecular complexity index is 397. The minimum atomic E-state index is 0.305. The lowest BCUT2D eigenvalue weighted by Gasteiger charge is -2.24. The van der Waals surface area contributed by atoms with E-state index in [1.54, 1.807) is 0 Å². The SMILES string of the molecule is CCCNc1ccnc(CN2CCCC2CCCO)c1. The zero-order valence-electron chi connectivity index (χ0n) is 12.5. The number of nitrogens with zero attached hydrogens (tertiary/aromatic N) is 2. The average molecular weight is 277 g/mol. The summed E-state index contributed by atoms with van der Waals surface area (Å²) < 4.78 is 0. The van der Waals surface area contributed by atoms with Gasteiger partial charge >= 0.3 is 0 Å². The van der Waals surface area contributed by atoms with Crippen LogP contribution in [0.4, 0.5) is 5.69 Å². The van der Waals surface area contributed by atoms with Crippen molar-refractivity contribution in [1.29, 1.82) is 0 Å². The Labute approximate surface area is 122 Å². The van der Waals surface area contributed by atoms with E-state index in [1.165, 1.54) is 18.5 Å². The molecule has 0 amide bonds. The molecule has 2 heterocycles. The molecule has 4 heteroatoms. The Morgan fingerprint density at radius 1 is 1.50 bits per heavy atom. The molecule has 0 aliphatic carbocycles. The lowest BCUT2D eigenvalue weighted by Crippen LogP contribution is -2.29. The maximum atomic E-state index is 8.98. The molecule has 0 radical (unpaired) electrons. The molecule has 1 unspecified atom stereocenters. The van der Waals surface area contributed by atoms with E-state index < -0.39 is 0 Å². The van der Waals surface area contributed by atoms with Gasteiger partial charge in [0.2, 0.25) is 0 Å². The zero-order valence-corrected chi connectivity index (χ0v) is 12.5. The van der Waals surface area contributed by atoms with Gasteiger partial charge in [-0.25, -0.2) is 0 Å². The summed E-state index contributed by atoms with van der Waals surface area (Å²) in [5, 5.41) is 12.4. The Morgan fingerprint density at radius 3 is 3.20 bits per heavy atom. The van der Waals surface area contributed by atoms with Gasteiger partial charge in [-0.1, -0.05) is 6.92 Å². The molecule has 1 aromatic rings. The topological polar surface area (TPSA) is 48.4 Å². The fourth-order valence-electron chi connectivity index (χ4n) is 2.91.